The van der Waals surface area contributed by atoms with E-state index >= 15 is 0 Å². The van der Waals surface area contributed by atoms with Crippen molar-refractivity contribution in [3.8, 4) is 5.75 Å². The van der Waals surface area contributed by atoms with Gasteiger partial charge >= 0.3 is 0 Å². The molecule has 1 amide bonds. The molecule has 0 aliphatic rings. The molecule has 0 aliphatic carbocycles. The van der Waals surface area contributed by atoms with E-state index in [-0.39, 0.29) is 18.9 Å². The number of Topliss-reactive ketones (excluding diaryl/α,β-unsaturated/α-hetero) is 1. The summed E-state index contributed by atoms with van der Waals surface area (Å²) in [6.45, 7) is 9.73. The first-order chi connectivity index (χ1) is 15.1. The Morgan fingerprint density at radius 1 is 1.16 bits per heavy atom. The minimum atomic E-state index is -0.878. The molecule has 1 aromatic heterocycles. The summed E-state index contributed by atoms with van der Waals surface area (Å²) < 4.78 is 5.77. The first kappa shape index (κ1) is 26.0. The highest BCUT2D eigenvalue weighted by Gasteiger charge is 2.16. The lowest BCUT2D eigenvalue weighted by Crippen LogP contribution is -2.36. The number of aryl methyl sites for hydroxylation is 3. The van der Waals surface area contributed by atoms with E-state index in [0.29, 0.717) is 24.5 Å². The van der Waals surface area contributed by atoms with E-state index < -0.39 is 18.6 Å². The average Bonchev–Trinajstić information content (AvgIpc) is 3.09. The number of carbonyl (C=O) groups is 2. The third kappa shape index (κ3) is 7.43. The number of aliphatic hydroxyl groups is 2. The van der Waals surface area contributed by atoms with Crippen LogP contribution in [0.1, 0.15) is 57.8 Å². The van der Waals surface area contributed by atoms with Crippen LogP contribution in [0, 0.1) is 26.7 Å². The summed E-state index contributed by atoms with van der Waals surface area (Å²) in [5, 5.41) is 23.2. The molecular weight excluding hydrogens is 426 g/mol. The van der Waals surface area contributed by atoms with Crippen LogP contribution >= 0.6 is 11.3 Å². The van der Waals surface area contributed by atoms with Crippen LogP contribution in [0.3, 0.4) is 0 Å². The molecule has 32 heavy (non-hydrogen) atoms. The minimum absolute atomic E-state index is 0.0126. The maximum atomic E-state index is 12.8. The van der Waals surface area contributed by atoms with Gasteiger partial charge in [-0.25, -0.2) is 0 Å². The van der Waals surface area contributed by atoms with Crippen molar-refractivity contribution in [1.29, 1.82) is 0 Å². The van der Waals surface area contributed by atoms with E-state index in [2.05, 4.69) is 24.5 Å². The maximum absolute atomic E-state index is 12.8. The van der Waals surface area contributed by atoms with E-state index in [1.165, 1.54) is 5.56 Å². The van der Waals surface area contributed by atoms with Crippen LogP contribution in [-0.2, 0) is 17.6 Å². The summed E-state index contributed by atoms with van der Waals surface area (Å²) in [4.78, 5) is 24.7. The van der Waals surface area contributed by atoms with Crippen molar-refractivity contribution in [2.75, 3.05) is 19.8 Å². The van der Waals surface area contributed by atoms with Gasteiger partial charge in [0, 0.05) is 13.0 Å². The number of carbonyl (C=O) groups excluding carboxylic acids is 2. The fourth-order valence-electron chi connectivity index (χ4n) is 3.68. The van der Waals surface area contributed by atoms with Gasteiger partial charge in [-0.15, -0.1) is 11.3 Å². The second-order valence-corrected chi connectivity index (χ2v) is 9.60. The third-order valence-electron chi connectivity index (χ3n) is 5.28. The van der Waals surface area contributed by atoms with Crippen molar-refractivity contribution < 1.29 is 24.5 Å². The zero-order valence-corrected chi connectivity index (χ0v) is 20.5. The Bertz CT molecular complexity index is 911. The van der Waals surface area contributed by atoms with Gasteiger partial charge in [-0.1, -0.05) is 26.0 Å². The van der Waals surface area contributed by atoms with Crippen LogP contribution in [0.4, 0.5) is 0 Å². The lowest BCUT2D eigenvalue weighted by molar-refractivity contribution is -0.124. The Kier molecular flexibility index (Phi) is 9.87. The molecule has 2 aromatic rings. The Morgan fingerprint density at radius 3 is 2.41 bits per heavy atom. The maximum Gasteiger partial charge on any atom is 0.245 e. The fourth-order valence-corrected chi connectivity index (χ4v) is 4.75. The first-order valence-corrected chi connectivity index (χ1v) is 11.9. The molecule has 176 valence electrons. The van der Waals surface area contributed by atoms with Crippen LogP contribution in [-0.4, -0.2) is 47.8 Å². The molecule has 0 radical (unpaired) electrons. The topological polar surface area (TPSA) is 95.9 Å². The molecule has 3 N–H and O–H groups in total. The number of benzene rings is 1. The van der Waals surface area contributed by atoms with Gasteiger partial charge in [-0.3, -0.25) is 9.59 Å². The number of hydrogen-bond donors (Lipinski definition) is 3. The number of amides is 1. The van der Waals surface area contributed by atoms with Gasteiger partial charge in [-0.05, 0) is 72.7 Å². The van der Waals surface area contributed by atoms with E-state index in [1.54, 1.807) is 11.3 Å². The van der Waals surface area contributed by atoms with Crippen molar-refractivity contribution >= 4 is 23.0 Å². The molecule has 1 unspecified atom stereocenters. The molecule has 0 spiro atoms. The third-order valence-corrected chi connectivity index (χ3v) is 6.45. The van der Waals surface area contributed by atoms with Gasteiger partial charge in [0.1, 0.15) is 25.1 Å². The van der Waals surface area contributed by atoms with E-state index in [1.807, 2.05) is 32.9 Å². The highest BCUT2D eigenvalue weighted by Crippen LogP contribution is 2.28. The summed E-state index contributed by atoms with van der Waals surface area (Å²) >= 11 is 1.55. The molecule has 1 heterocycles. The minimum Gasteiger partial charge on any atom is -0.490 e. The number of thiophene rings is 1. The molecule has 1 aromatic carbocycles. The highest BCUT2D eigenvalue weighted by atomic mass is 32.1. The van der Waals surface area contributed by atoms with Crippen LogP contribution in [0.5, 0.6) is 5.75 Å². The summed E-state index contributed by atoms with van der Waals surface area (Å²) in [5.74, 6) is 0.911. The number of hydrogen-bond acceptors (Lipinski definition) is 6. The molecule has 0 saturated heterocycles. The normalized spacial score (nSPS) is 12.1. The van der Waals surface area contributed by atoms with Gasteiger partial charge < -0.3 is 20.3 Å². The number of rotatable bonds is 12. The SMILES string of the molecule is Cc1cc(CCC(=O)c2scc(CC(C)C)c2C)cc(C)c1OCC(O)CNC(=O)CO. The number of ether oxygens (including phenoxy) is 1. The Hall–Kier alpha value is -2.22. The number of ketones is 1. The molecule has 6 nitrogen and oxygen atoms in total. The number of nitrogens with one attached hydrogen (secondary N) is 1. The smallest absolute Gasteiger partial charge is 0.245 e. The quantitative estimate of drug-likeness (QED) is 0.420. The summed E-state index contributed by atoms with van der Waals surface area (Å²) in [7, 11) is 0. The summed E-state index contributed by atoms with van der Waals surface area (Å²) in [5.41, 5.74) is 5.35. The molecule has 1 atom stereocenters. The fraction of sp³-hybridized carbons (Fsp3) is 0.520. The zero-order valence-electron chi connectivity index (χ0n) is 19.7. The van der Waals surface area contributed by atoms with Crippen molar-refractivity contribution in [2.45, 2.75) is 60.0 Å². The summed E-state index contributed by atoms with van der Waals surface area (Å²) in [6.07, 6.45) is 1.24. The monoisotopic (exact) mass is 461 g/mol. The van der Waals surface area contributed by atoms with Crippen molar-refractivity contribution in [3.05, 3.63) is 50.2 Å². The average molecular weight is 462 g/mol. The van der Waals surface area contributed by atoms with E-state index in [9.17, 15) is 14.7 Å². The zero-order chi connectivity index (χ0) is 23.8. The second kappa shape index (κ2) is 12.1. The standard InChI is InChI=1S/C25H35NO5S/c1-15(2)8-20-14-32-25(18(20)5)22(29)7-6-19-9-16(3)24(17(4)10-19)31-13-21(28)11-26-23(30)12-27/h9-10,14-15,21,27-28H,6-8,11-13H2,1-5H3,(H,26,30). The van der Waals surface area contributed by atoms with Crippen LogP contribution < -0.4 is 10.1 Å². The molecule has 7 heteroatoms. The lowest BCUT2D eigenvalue weighted by Gasteiger charge is -2.17. The van der Waals surface area contributed by atoms with E-state index in [0.717, 1.165) is 33.6 Å². The predicted molar refractivity (Wildman–Crippen MR) is 128 cm³/mol. The van der Waals surface area contributed by atoms with Gasteiger partial charge in [-0.2, -0.15) is 0 Å². The number of aliphatic hydroxyl groups excluding tert-OH is 2. The van der Waals surface area contributed by atoms with Crippen LogP contribution in [0.2, 0.25) is 0 Å². The predicted octanol–water partition coefficient (Wildman–Crippen LogP) is 3.54. The van der Waals surface area contributed by atoms with Crippen molar-refractivity contribution in [2.24, 2.45) is 5.92 Å². The van der Waals surface area contributed by atoms with Gasteiger partial charge in [0.25, 0.3) is 0 Å². The largest absolute Gasteiger partial charge is 0.490 e. The molecule has 0 saturated carbocycles. The van der Waals surface area contributed by atoms with E-state index in [4.69, 9.17) is 9.84 Å². The van der Waals surface area contributed by atoms with Crippen molar-refractivity contribution in [3.63, 3.8) is 0 Å². The Balaban J connectivity index is 1.95. The second-order valence-electron chi connectivity index (χ2n) is 8.72. The molecular formula is C25H35NO5S. The first-order valence-electron chi connectivity index (χ1n) is 11.0. The van der Waals surface area contributed by atoms with Gasteiger partial charge in [0.05, 0.1) is 4.88 Å². The molecule has 0 fully saturated rings. The highest BCUT2D eigenvalue weighted by molar-refractivity contribution is 7.12. The lowest BCUT2D eigenvalue weighted by atomic mass is 9.98. The van der Waals surface area contributed by atoms with Crippen LogP contribution in [0.25, 0.3) is 0 Å². The van der Waals surface area contributed by atoms with Crippen molar-refractivity contribution in [1.82, 2.24) is 5.32 Å². The molecule has 0 aliphatic heterocycles. The Morgan fingerprint density at radius 2 is 1.81 bits per heavy atom. The van der Waals surface area contributed by atoms with Gasteiger partial charge in [0.15, 0.2) is 5.78 Å². The summed E-state index contributed by atoms with van der Waals surface area (Å²) in [6, 6.07) is 4.03. The van der Waals surface area contributed by atoms with Crippen LogP contribution in [0.15, 0.2) is 17.5 Å². The molecule has 2 rings (SSSR count). The van der Waals surface area contributed by atoms with Gasteiger partial charge in [0.2, 0.25) is 5.91 Å². The molecule has 0 bridgehead atoms. The Labute approximate surface area is 194 Å².